The Balaban J connectivity index is 1.93. The second-order valence-corrected chi connectivity index (χ2v) is 6.44. The summed E-state index contributed by atoms with van der Waals surface area (Å²) in [4.78, 5) is 35.5. The van der Waals surface area contributed by atoms with Gasteiger partial charge in [-0.25, -0.2) is 4.39 Å². The molecule has 0 aromatic heterocycles. The van der Waals surface area contributed by atoms with Gasteiger partial charge >= 0.3 is 0 Å². The van der Waals surface area contributed by atoms with E-state index in [0.29, 0.717) is 5.56 Å². The Kier molecular flexibility index (Phi) is 4.64. The summed E-state index contributed by atoms with van der Waals surface area (Å²) < 4.78 is 13.7. The van der Waals surface area contributed by atoms with Gasteiger partial charge in [0.15, 0.2) is 0 Å². The van der Waals surface area contributed by atoms with Gasteiger partial charge in [-0.2, -0.15) is 5.26 Å². The Morgan fingerprint density at radius 2 is 1.96 bits per heavy atom. The van der Waals surface area contributed by atoms with Crippen LogP contribution in [0.1, 0.15) is 21.8 Å². The van der Waals surface area contributed by atoms with Crippen molar-refractivity contribution in [1.82, 2.24) is 5.32 Å². The number of nitro groups is 1. The number of halogens is 2. The molecule has 1 aliphatic rings. The lowest BCUT2D eigenvalue weighted by Crippen LogP contribution is -2.39. The maximum atomic E-state index is 13.7. The third-order valence-corrected chi connectivity index (χ3v) is 4.74. The van der Waals surface area contributed by atoms with Gasteiger partial charge in [0.2, 0.25) is 5.41 Å². The second kappa shape index (κ2) is 6.78. The van der Waals surface area contributed by atoms with Crippen LogP contribution >= 0.6 is 11.6 Å². The lowest BCUT2D eigenvalue weighted by atomic mass is 9.99. The van der Waals surface area contributed by atoms with Crippen molar-refractivity contribution in [2.24, 2.45) is 5.41 Å². The predicted octanol–water partition coefficient (Wildman–Crippen LogP) is 2.69. The van der Waals surface area contributed by atoms with Crippen molar-refractivity contribution >= 4 is 23.4 Å². The van der Waals surface area contributed by atoms with Crippen LogP contribution in [0.2, 0.25) is 5.02 Å². The highest BCUT2D eigenvalue weighted by Crippen LogP contribution is 2.60. The summed E-state index contributed by atoms with van der Waals surface area (Å²) in [5.41, 5.74) is -2.16. The van der Waals surface area contributed by atoms with E-state index < -0.39 is 45.5 Å². The molecule has 0 unspecified atom stereocenters. The number of hydrogen-bond donors (Lipinski definition) is 1. The first-order valence-corrected chi connectivity index (χ1v) is 8.11. The lowest BCUT2D eigenvalue weighted by molar-refractivity contribution is -0.500. The Labute approximate surface area is 157 Å². The van der Waals surface area contributed by atoms with Crippen LogP contribution in [0.4, 0.5) is 4.39 Å². The number of nitriles is 1. The van der Waals surface area contributed by atoms with Crippen molar-refractivity contribution in [1.29, 1.82) is 5.26 Å². The molecule has 2 amide bonds. The van der Waals surface area contributed by atoms with Crippen LogP contribution in [-0.4, -0.2) is 22.8 Å². The molecule has 0 radical (unpaired) electrons. The van der Waals surface area contributed by atoms with Gasteiger partial charge in [-0.05, 0) is 29.8 Å². The van der Waals surface area contributed by atoms with E-state index in [1.165, 1.54) is 30.3 Å². The highest BCUT2D eigenvalue weighted by atomic mass is 35.5. The maximum absolute atomic E-state index is 13.7. The number of amides is 2. The first-order chi connectivity index (χ1) is 12.8. The Bertz CT molecular complexity index is 1010. The molecule has 0 heterocycles. The minimum Gasteiger partial charge on any atom is -0.291 e. The van der Waals surface area contributed by atoms with Gasteiger partial charge in [0.05, 0.1) is 17.6 Å². The molecule has 0 saturated heterocycles. The molecule has 0 spiro atoms. The third-order valence-electron chi connectivity index (χ3n) is 4.50. The Morgan fingerprint density at radius 3 is 2.56 bits per heavy atom. The monoisotopic (exact) mass is 387 g/mol. The summed E-state index contributed by atoms with van der Waals surface area (Å²) in [6, 6.07) is 11.1. The van der Waals surface area contributed by atoms with E-state index in [1.807, 2.05) is 5.32 Å². The van der Waals surface area contributed by atoms with Crippen molar-refractivity contribution < 1.29 is 18.9 Å². The number of benzene rings is 2. The van der Waals surface area contributed by atoms with Crippen LogP contribution in [0.25, 0.3) is 0 Å². The molecule has 1 N–H and O–H groups in total. The summed E-state index contributed by atoms with van der Waals surface area (Å²) >= 11 is 5.89. The van der Waals surface area contributed by atoms with Crippen LogP contribution in [-0.2, 0) is 4.79 Å². The zero-order chi connectivity index (χ0) is 19.8. The van der Waals surface area contributed by atoms with Gasteiger partial charge in [-0.15, -0.1) is 0 Å². The number of imide groups is 1. The van der Waals surface area contributed by atoms with E-state index in [-0.39, 0.29) is 5.02 Å². The molecule has 0 aliphatic heterocycles. The van der Waals surface area contributed by atoms with E-state index in [0.717, 1.165) is 12.1 Å². The van der Waals surface area contributed by atoms with Crippen molar-refractivity contribution in [2.45, 2.75) is 12.0 Å². The van der Waals surface area contributed by atoms with Crippen LogP contribution in [0.5, 0.6) is 0 Å². The third kappa shape index (κ3) is 3.02. The second-order valence-electron chi connectivity index (χ2n) is 6.01. The van der Waals surface area contributed by atoms with Crippen molar-refractivity contribution in [3.05, 3.63) is 80.6 Å². The van der Waals surface area contributed by atoms with Crippen molar-refractivity contribution in [2.75, 3.05) is 0 Å². The predicted molar refractivity (Wildman–Crippen MR) is 91.9 cm³/mol. The lowest BCUT2D eigenvalue weighted by Gasteiger charge is -2.08. The molecule has 7 nitrogen and oxygen atoms in total. The fourth-order valence-corrected chi connectivity index (χ4v) is 3.38. The minimum absolute atomic E-state index is 0.288. The standard InChI is InChI=1S/C18H11ClFN3O4/c19-11-5-3-4-10(8-11)14-15(23(26)27)18(14,9-21)17(25)22-16(24)12-6-1-2-7-13(12)20/h1-8,14-15H,(H,22,24,25)/t14-,15-,18-/m0/s1. The summed E-state index contributed by atoms with van der Waals surface area (Å²) in [6.45, 7) is 0. The van der Waals surface area contributed by atoms with Crippen LogP contribution < -0.4 is 5.32 Å². The molecule has 1 fully saturated rings. The fraction of sp³-hybridized carbons (Fsp3) is 0.167. The number of hydrogen-bond acceptors (Lipinski definition) is 5. The quantitative estimate of drug-likeness (QED) is 0.492. The Morgan fingerprint density at radius 1 is 1.26 bits per heavy atom. The average molecular weight is 388 g/mol. The van der Waals surface area contributed by atoms with Gasteiger partial charge in [-0.3, -0.25) is 25.0 Å². The number of nitrogens with zero attached hydrogens (tertiary/aromatic N) is 2. The van der Waals surface area contributed by atoms with E-state index in [9.17, 15) is 29.4 Å². The SMILES string of the molecule is N#C[C@@]1(C(=O)NC(=O)c2ccccc2F)[C@@H]([N+](=O)[O-])[C@@H]1c1cccc(Cl)c1. The summed E-state index contributed by atoms with van der Waals surface area (Å²) in [5, 5.41) is 23.2. The molecule has 2 aromatic carbocycles. The van der Waals surface area contributed by atoms with E-state index >= 15 is 0 Å². The molecule has 9 heteroatoms. The fourth-order valence-electron chi connectivity index (χ4n) is 3.18. The molecule has 136 valence electrons. The number of carbonyl (C=O) groups is 2. The molecule has 1 aliphatic carbocycles. The number of nitrogens with one attached hydrogen (secondary N) is 1. The number of rotatable bonds is 4. The largest absolute Gasteiger partial charge is 0.291 e. The minimum atomic E-state index is -2.09. The summed E-state index contributed by atoms with van der Waals surface area (Å²) in [6.07, 6.45) is 0. The van der Waals surface area contributed by atoms with Gasteiger partial charge in [0.1, 0.15) is 5.82 Å². The molecule has 3 atom stereocenters. The molecular formula is C18H11ClFN3O4. The average Bonchev–Trinajstić information content (AvgIpc) is 3.33. The van der Waals surface area contributed by atoms with Crippen molar-refractivity contribution in [3.63, 3.8) is 0 Å². The van der Waals surface area contributed by atoms with E-state index in [1.54, 1.807) is 12.1 Å². The topological polar surface area (TPSA) is 113 Å². The van der Waals surface area contributed by atoms with Gasteiger partial charge in [0.25, 0.3) is 17.9 Å². The van der Waals surface area contributed by atoms with Gasteiger partial charge in [-0.1, -0.05) is 35.9 Å². The van der Waals surface area contributed by atoms with Gasteiger partial charge in [0, 0.05) is 9.95 Å². The number of carbonyl (C=O) groups excluding carboxylic acids is 2. The zero-order valence-corrected chi connectivity index (χ0v) is 14.3. The van der Waals surface area contributed by atoms with Crippen LogP contribution in [0.3, 0.4) is 0 Å². The molecule has 0 bridgehead atoms. The van der Waals surface area contributed by atoms with Crippen LogP contribution in [0.15, 0.2) is 48.5 Å². The smallest absolute Gasteiger partial charge is 0.260 e. The van der Waals surface area contributed by atoms with Crippen LogP contribution in [0, 0.1) is 32.7 Å². The van der Waals surface area contributed by atoms with E-state index in [4.69, 9.17) is 11.6 Å². The first kappa shape index (κ1) is 18.5. The Hall–Kier alpha value is -3.31. The van der Waals surface area contributed by atoms with Crippen molar-refractivity contribution in [3.8, 4) is 6.07 Å². The molecule has 2 aromatic rings. The maximum Gasteiger partial charge on any atom is 0.260 e. The van der Waals surface area contributed by atoms with Gasteiger partial charge < -0.3 is 0 Å². The molecule has 1 saturated carbocycles. The summed E-state index contributed by atoms with van der Waals surface area (Å²) in [5.74, 6) is -4.16. The summed E-state index contributed by atoms with van der Waals surface area (Å²) in [7, 11) is 0. The molecule has 3 rings (SSSR count). The normalized spacial score (nSPS) is 23.1. The highest BCUT2D eigenvalue weighted by Gasteiger charge is 2.80. The molecule has 27 heavy (non-hydrogen) atoms. The zero-order valence-electron chi connectivity index (χ0n) is 13.6. The first-order valence-electron chi connectivity index (χ1n) is 7.73. The van der Waals surface area contributed by atoms with E-state index in [2.05, 4.69) is 0 Å². The molecular weight excluding hydrogens is 377 g/mol. The highest BCUT2D eigenvalue weighted by molar-refractivity contribution is 6.30.